The lowest BCUT2D eigenvalue weighted by atomic mass is 9.98. The minimum Gasteiger partial charge on any atom is -0.379 e. The van der Waals surface area contributed by atoms with Gasteiger partial charge in [0.2, 0.25) is 5.91 Å². The van der Waals surface area contributed by atoms with Gasteiger partial charge in [-0.1, -0.05) is 37.1 Å². The molecule has 1 atom stereocenters. The van der Waals surface area contributed by atoms with Crippen LogP contribution in [0.3, 0.4) is 0 Å². The van der Waals surface area contributed by atoms with Gasteiger partial charge in [-0.25, -0.2) is 13.8 Å². The summed E-state index contributed by atoms with van der Waals surface area (Å²) in [6.07, 6.45) is 4.19. The third-order valence-corrected chi connectivity index (χ3v) is 7.73. The molecule has 1 saturated heterocycles. The molecule has 38 heavy (non-hydrogen) atoms. The van der Waals surface area contributed by atoms with Crippen molar-refractivity contribution in [3.8, 4) is 0 Å². The van der Waals surface area contributed by atoms with Crippen LogP contribution in [0.5, 0.6) is 0 Å². The van der Waals surface area contributed by atoms with Gasteiger partial charge in [0, 0.05) is 38.5 Å². The first-order valence-corrected chi connectivity index (χ1v) is 13.5. The van der Waals surface area contributed by atoms with Crippen molar-refractivity contribution in [2.75, 3.05) is 45.9 Å². The molecular formula is C29H34F2N4O3. The molecule has 0 N–H and O–H groups in total. The summed E-state index contributed by atoms with van der Waals surface area (Å²) in [6, 6.07) is 11.6. The van der Waals surface area contributed by atoms with Gasteiger partial charge in [0.15, 0.2) is 0 Å². The highest BCUT2D eigenvalue weighted by atomic mass is 19.1. The fraction of sp³-hybridized carbons (Fsp3) is 0.483. The standard InChI is InChI=1S/C29H34F2N4O3/c30-24-9-5-21(6-10-24)26-19-27(22-7-11-25(31)12-8-22)35(32-26)28(36)20-34(29(37)23-3-1-2-4-23)14-13-33-15-17-38-18-16-33/h5-12,23,27H,1-4,13-20H2/t27-/m0/s1. The lowest BCUT2D eigenvalue weighted by molar-refractivity contribution is -0.144. The third-order valence-electron chi connectivity index (χ3n) is 7.73. The van der Waals surface area contributed by atoms with Crippen molar-refractivity contribution >= 4 is 17.5 Å². The molecule has 7 nitrogen and oxygen atoms in total. The number of hydrogen-bond donors (Lipinski definition) is 0. The van der Waals surface area contributed by atoms with Gasteiger partial charge in [-0.2, -0.15) is 5.10 Å². The van der Waals surface area contributed by atoms with E-state index in [4.69, 9.17) is 4.74 Å². The van der Waals surface area contributed by atoms with Crippen LogP contribution in [-0.4, -0.2) is 78.3 Å². The molecule has 0 aromatic heterocycles. The van der Waals surface area contributed by atoms with E-state index in [-0.39, 0.29) is 35.9 Å². The normalized spacial score (nSPS) is 20.5. The SMILES string of the molecule is O=C(C1CCCC1)N(CCN1CCOCC1)CC(=O)N1N=C(c2ccc(F)cc2)C[C@H]1c1ccc(F)cc1. The minimum atomic E-state index is -0.439. The molecule has 2 fully saturated rings. The number of amides is 2. The lowest BCUT2D eigenvalue weighted by Crippen LogP contribution is -2.47. The summed E-state index contributed by atoms with van der Waals surface area (Å²) in [5.41, 5.74) is 2.12. The van der Waals surface area contributed by atoms with E-state index < -0.39 is 6.04 Å². The summed E-state index contributed by atoms with van der Waals surface area (Å²) in [4.78, 5) is 31.2. The molecule has 2 heterocycles. The van der Waals surface area contributed by atoms with Crippen molar-refractivity contribution in [1.82, 2.24) is 14.8 Å². The lowest BCUT2D eigenvalue weighted by Gasteiger charge is -2.32. The molecule has 2 aromatic rings. The van der Waals surface area contributed by atoms with Crippen LogP contribution in [0.2, 0.25) is 0 Å². The zero-order valence-corrected chi connectivity index (χ0v) is 21.5. The maximum Gasteiger partial charge on any atom is 0.262 e. The number of carbonyl (C=O) groups excluding carboxylic acids is 2. The molecule has 0 bridgehead atoms. The van der Waals surface area contributed by atoms with Crippen molar-refractivity contribution in [1.29, 1.82) is 0 Å². The fourth-order valence-corrected chi connectivity index (χ4v) is 5.52. The summed E-state index contributed by atoms with van der Waals surface area (Å²) in [6.45, 7) is 4.03. The Kier molecular flexibility index (Phi) is 8.44. The number of ether oxygens (including phenoxy) is 1. The van der Waals surface area contributed by atoms with Gasteiger partial charge in [-0.3, -0.25) is 14.5 Å². The summed E-state index contributed by atoms with van der Waals surface area (Å²) in [5, 5.41) is 6.07. The highest BCUT2D eigenvalue weighted by Gasteiger charge is 2.36. The monoisotopic (exact) mass is 524 g/mol. The Balaban J connectivity index is 1.37. The first kappa shape index (κ1) is 26.4. The zero-order chi connectivity index (χ0) is 26.5. The Bertz CT molecular complexity index is 1140. The third kappa shape index (κ3) is 6.27. The van der Waals surface area contributed by atoms with Gasteiger partial charge < -0.3 is 9.64 Å². The molecule has 2 aliphatic heterocycles. The number of halogens is 2. The number of morpholine rings is 1. The average Bonchev–Trinajstić information content (AvgIpc) is 3.63. The van der Waals surface area contributed by atoms with Crippen molar-refractivity contribution in [2.24, 2.45) is 11.0 Å². The second kappa shape index (κ2) is 12.1. The van der Waals surface area contributed by atoms with Crippen LogP contribution < -0.4 is 0 Å². The molecule has 1 aliphatic carbocycles. The van der Waals surface area contributed by atoms with E-state index in [1.165, 1.54) is 29.3 Å². The van der Waals surface area contributed by atoms with Gasteiger partial charge in [0.05, 0.1) is 25.0 Å². The van der Waals surface area contributed by atoms with Crippen LogP contribution >= 0.6 is 0 Å². The molecule has 2 aromatic carbocycles. The van der Waals surface area contributed by atoms with E-state index in [0.717, 1.165) is 49.9 Å². The quantitative estimate of drug-likeness (QED) is 0.524. The number of nitrogens with zero attached hydrogens (tertiary/aromatic N) is 4. The predicted molar refractivity (Wildman–Crippen MR) is 139 cm³/mol. The number of benzene rings is 2. The molecule has 9 heteroatoms. The Morgan fingerprint density at radius 3 is 2.24 bits per heavy atom. The summed E-state index contributed by atoms with van der Waals surface area (Å²) in [7, 11) is 0. The fourth-order valence-electron chi connectivity index (χ4n) is 5.52. The second-order valence-corrected chi connectivity index (χ2v) is 10.3. The highest BCUT2D eigenvalue weighted by Crippen LogP contribution is 2.33. The minimum absolute atomic E-state index is 0.0318. The molecule has 3 aliphatic rings. The molecule has 5 rings (SSSR count). The Morgan fingerprint density at radius 2 is 1.58 bits per heavy atom. The summed E-state index contributed by atoms with van der Waals surface area (Å²) < 4.78 is 32.6. The van der Waals surface area contributed by atoms with Crippen molar-refractivity contribution in [3.63, 3.8) is 0 Å². The summed E-state index contributed by atoms with van der Waals surface area (Å²) in [5.74, 6) is -1.01. The van der Waals surface area contributed by atoms with Crippen LogP contribution in [0.1, 0.15) is 49.3 Å². The molecule has 1 saturated carbocycles. The second-order valence-electron chi connectivity index (χ2n) is 10.3. The number of hydrogen-bond acceptors (Lipinski definition) is 5. The van der Waals surface area contributed by atoms with Gasteiger partial charge in [-0.05, 0) is 48.2 Å². The van der Waals surface area contributed by atoms with Crippen LogP contribution in [0.4, 0.5) is 8.78 Å². The molecule has 0 unspecified atom stereocenters. The maximum atomic E-state index is 13.8. The van der Waals surface area contributed by atoms with Gasteiger partial charge >= 0.3 is 0 Å². The Morgan fingerprint density at radius 1 is 0.947 bits per heavy atom. The van der Waals surface area contributed by atoms with Crippen LogP contribution in [0, 0.1) is 17.6 Å². The van der Waals surface area contributed by atoms with Crippen molar-refractivity contribution in [3.05, 3.63) is 71.3 Å². The maximum absolute atomic E-state index is 13.8. The van der Waals surface area contributed by atoms with E-state index in [2.05, 4.69) is 10.0 Å². The van der Waals surface area contributed by atoms with E-state index >= 15 is 0 Å². The molecule has 0 radical (unpaired) electrons. The summed E-state index contributed by atoms with van der Waals surface area (Å²) >= 11 is 0. The van der Waals surface area contributed by atoms with Gasteiger partial charge in [-0.15, -0.1) is 0 Å². The molecule has 0 spiro atoms. The van der Waals surface area contributed by atoms with Crippen LogP contribution in [0.25, 0.3) is 0 Å². The average molecular weight is 525 g/mol. The first-order chi connectivity index (χ1) is 18.5. The number of rotatable bonds is 8. The van der Waals surface area contributed by atoms with E-state index in [9.17, 15) is 18.4 Å². The molecular weight excluding hydrogens is 490 g/mol. The molecule has 2 amide bonds. The van der Waals surface area contributed by atoms with E-state index in [0.29, 0.717) is 38.4 Å². The van der Waals surface area contributed by atoms with Crippen molar-refractivity contribution in [2.45, 2.75) is 38.1 Å². The number of carbonyl (C=O) groups is 2. The zero-order valence-electron chi connectivity index (χ0n) is 21.5. The van der Waals surface area contributed by atoms with Crippen LogP contribution in [-0.2, 0) is 14.3 Å². The highest BCUT2D eigenvalue weighted by molar-refractivity contribution is 6.03. The van der Waals surface area contributed by atoms with Gasteiger partial charge in [0.25, 0.3) is 5.91 Å². The number of hydrazone groups is 1. The predicted octanol–water partition coefficient (Wildman–Crippen LogP) is 3.99. The topological polar surface area (TPSA) is 65.5 Å². The first-order valence-electron chi connectivity index (χ1n) is 13.5. The Hall–Kier alpha value is -3.17. The van der Waals surface area contributed by atoms with E-state index in [1.54, 1.807) is 29.2 Å². The largest absolute Gasteiger partial charge is 0.379 e. The van der Waals surface area contributed by atoms with E-state index in [1.807, 2.05) is 0 Å². The van der Waals surface area contributed by atoms with Crippen LogP contribution in [0.15, 0.2) is 53.6 Å². The Labute approximate surface area is 222 Å². The smallest absolute Gasteiger partial charge is 0.262 e. The van der Waals surface area contributed by atoms with Crippen molar-refractivity contribution < 1.29 is 23.1 Å². The van der Waals surface area contributed by atoms with Gasteiger partial charge in [0.1, 0.15) is 18.2 Å². The molecule has 202 valence electrons.